The summed E-state index contributed by atoms with van der Waals surface area (Å²) in [5.41, 5.74) is 0. The van der Waals surface area contributed by atoms with Crippen molar-refractivity contribution in [3.63, 3.8) is 0 Å². The highest BCUT2D eigenvalue weighted by atomic mass is 35.5. The van der Waals surface area contributed by atoms with Gasteiger partial charge in [0.1, 0.15) is 6.04 Å². The Balaban J connectivity index is 3.60. The van der Waals surface area contributed by atoms with E-state index in [1.165, 1.54) is 32.6 Å². The molecule has 4 heteroatoms. The van der Waals surface area contributed by atoms with Crippen molar-refractivity contribution in [3.8, 4) is 0 Å². The lowest BCUT2D eigenvalue weighted by atomic mass is 10.1. The minimum atomic E-state index is -0.509. The fourth-order valence-corrected chi connectivity index (χ4v) is 1.78. The van der Waals surface area contributed by atoms with Gasteiger partial charge in [-0.2, -0.15) is 0 Å². The van der Waals surface area contributed by atoms with Crippen molar-refractivity contribution in [2.24, 2.45) is 0 Å². The second kappa shape index (κ2) is 9.64. The number of unbranched alkanes of at least 4 members (excludes halogenated alkanes) is 5. The van der Waals surface area contributed by atoms with Crippen molar-refractivity contribution in [3.05, 3.63) is 0 Å². The number of carbonyl (C=O) groups is 2. The van der Waals surface area contributed by atoms with E-state index in [4.69, 9.17) is 11.6 Å². The van der Waals surface area contributed by atoms with Crippen LogP contribution in [0.15, 0.2) is 0 Å². The number of amides is 1. The molecule has 0 bridgehead atoms. The molecule has 0 heterocycles. The molecule has 1 unspecified atom stereocenters. The molecule has 0 radical (unpaired) electrons. The van der Waals surface area contributed by atoms with Crippen LogP contribution in [-0.2, 0) is 9.59 Å². The van der Waals surface area contributed by atoms with E-state index in [2.05, 4.69) is 12.2 Å². The van der Waals surface area contributed by atoms with Gasteiger partial charge in [0, 0.05) is 6.92 Å². The first kappa shape index (κ1) is 15.4. The minimum Gasteiger partial charge on any atom is -0.345 e. The Morgan fingerprint density at radius 3 is 2.19 bits per heavy atom. The highest BCUT2D eigenvalue weighted by molar-refractivity contribution is 6.64. The van der Waals surface area contributed by atoms with Crippen molar-refractivity contribution in [1.82, 2.24) is 5.32 Å². The maximum atomic E-state index is 11.0. The SMILES string of the molecule is CCCCCCCCC(NC(C)=O)C(=O)Cl. The smallest absolute Gasteiger partial charge is 0.243 e. The summed E-state index contributed by atoms with van der Waals surface area (Å²) in [5.74, 6) is -0.204. The van der Waals surface area contributed by atoms with E-state index in [-0.39, 0.29) is 5.91 Å². The van der Waals surface area contributed by atoms with Crippen LogP contribution in [0, 0.1) is 0 Å². The molecule has 1 N–H and O–H groups in total. The Morgan fingerprint density at radius 2 is 1.69 bits per heavy atom. The molecule has 0 saturated heterocycles. The molecule has 0 saturated carbocycles. The molecule has 0 aliphatic rings. The molecule has 0 fully saturated rings. The number of nitrogens with one attached hydrogen (secondary N) is 1. The molecule has 3 nitrogen and oxygen atoms in total. The summed E-state index contributed by atoms with van der Waals surface area (Å²) in [6, 6.07) is -0.509. The lowest BCUT2D eigenvalue weighted by Crippen LogP contribution is -2.37. The molecular formula is C12H22ClNO2. The maximum absolute atomic E-state index is 11.0. The Kier molecular flexibility index (Phi) is 9.30. The molecule has 1 atom stereocenters. The second-order valence-corrected chi connectivity index (χ2v) is 4.49. The van der Waals surface area contributed by atoms with E-state index in [1.54, 1.807) is 0 Å². The highest BCUT2D eigenvalue weighted by Crippen LogP contribution is 2.10. The minimum absolute atomic E-state index is 0.204. The standard InChI is InChI=1S/C12H22ClNO2/c1-3-4-5-6-7-8-9-11(12(13)16)14-10(2)15/h11H,3-9H2,1-2H3,(H,14,15). The second-order valence-electron chi connectivity index (χ2n) is 4.11. The number of hydrogen-bond donors (Lipinski definition) is 1. The number of hydrogen-bond acceptors (Lipinski definition) is 2. The van der Waals surface area contributed by atoms with Gasteiger partial charge in [0.2, 0.25) is 11.1 Å². The molecule has 0 aromatic rings. The first-order valence-electron chi connectivity index (χ1n) is 6.04. The van der Waals surface area contributed by atoms with Gasteiger partial charge in [-0.1, -0.05) is 45.4 Å². The zero-order valence-corrected chi connectivity index (χ0v) is 11.0. The van der Waals surface area contributed by atoms with Crippen LogP contribution in [0.1, 0.15) is 58.8 Å². The van der Waals surface area contributed by atoms with Gasteiger partial charge >= 0.3 is 0 Å². The predicted molar refractivity (Wildman–Crippen MR) is 66.5 cm³/mol. The summed E-state index contributed by atoms with van der Waals surface area (Å²) >= 11 is 5.40. The summed E-state index contributed by atoms with van der Waals surface area (Å²) in [4.78, 5) is 21.8. The summed E-state index contributed by atoms with van der Waals surface area (Å²) in [7, 11) is 0. The summed E-state index contributed by atoms with van der Waals surface area (Å²) in [6.07, 6.45) is 7.62. The first-order valence-corrected chi connectivity index (χ1v) is 6.42. The average molecular weight is 248 g/mol. The third kappa shape index (κ3) is 8.72. The predicted octanol–water partition coefficient (Wildman–Crippen LogP) is 3.01. The van der Waals surface area contributed by atoms with E-state index in [0.29, 0.717) is 6.42 Å². The number of rotatable bonds is 9. The Morgan fingerprint density at radius 1 is 1.12 bits per heavy atom. The van der Waals surface area contributed by atoms with Crippen molar-refractivity contribution in [2.75, 3.05) is 0 Å². The van der Waals surface area contributed by atoms with Gasteiger partial charge in [0.05, 0.1) is 0 Å². The van der Waals surface area contributed by atoms with Crippen molar-refractivity contribution >= 4 is 22.8 Å². The van der Waals surface area contributed by atoms with Gasteiger partial charge in [0.25, 0.3) is 0 Å². The van der Waals surface area contributed by atoms with Gasteiger partial charge in [-0.05, 0) is 18.0 Å². The fraction of sp³-hybridized carbons (Fsp3) is 0.833. The molecule has 1 amide bonds. The van der Waals surface area contributed by atoms with E-state index in [9.17, 15) is 9.59 Å². The zero-order chi connectivity index (χ0) is 12.4. The lowest BCUT2D eigenvalue weighted by Gasteiger charge is -2.12. The third-order valence-corrected chi connectivity index (χ3v) is 2.76. The highest BCUT2D eigenvalue weighted by Gasteiger charge is 2.16. The average Bonchev–Trinajstić information content (AvgIpc) is 2.20. The van der Waals surface area contributed by atoms with Gasteiger partial charge in [-0.25, -0.2) is 0 Å². The summed E-state index contributed by atoms with van der Waals surface area (Å²) in [5, 5.41) is 2.09. The summed E-state index contributed by atoms with van der Waals surface area (Å²) in [6.45, 7) is 3.58. The van der Waals surface area contributed by atoms with Crippen molar-refractivity contribution < 1.29 is 9.59 Å². The van der Waals surface area contributed by atoms with Gasteiger partial charge in [-0.15, -0.1) is 0 Å². The van der Waals surface area contributed by atoms with Crippen LogP contribution in [0.2, 0.25) is 0 Å². The van der Waals surface area contributed by atoms with E-state index >= 15 is 0 Å². The van der Waals surface area contributed by atoms with Crippen LogP contribution in [0.25, 0.3) is 0 Å². The van der Waals surface area contributed by atoms with Crippen LogP contribution >= 0.6 is 11.6 Å². The summed E-state index contributed by atoms with van der Waals surface area (Å²) < 4.78 is 0. The number of carbonyl (C=O) groups excluding carboxylic acids is 2. The largest absolute Gasteiger partial charge is 0.345 e. The lowest BCUT2D eigenvalue weighted by molar-refractivity contribution is -0.123. The van der Waals surface area contributed by atoms with Crippen LogP contribution in [0.4, 0.5) is 0 Å². The molecule has 0 aromatic heterocycles. The van der Waals surface area contributed by atoms with Crippen molar-refractivity contribution in [1.29, 1.82) is 0 Å². The Bertz CT molecular complexity index is 219. The zero-order valence-electron chi connectivity index (χ0n) is 10.2. The van der Waals surface area contributed by atoms with E-state index in [0.717, 1.165) is 12.8 Å². The Labute approximate surface area is 103 Å². The van der Waals surface area contributed by atoms with Crippen LogP contribution < -0.4 is 5.32 Å². The molecule has 0 aliphatic carbocycles. The van der Waals surface area contributed by atoms with E-state index < -0.39 is 11.3 Å². The molecule has 0 spiro atoms. The van der Waals surface area contributed by atoms with Crippen LogP contribution in [0.5, 0.6) is 0 Å². The van der Waals surface area contributed by atoms with Gasteiger partial charge in [0.15, 0.2) is 0 Å². The Hall–Kier alpha value is -0.570. The topological polar surface area (TPSA) is 46.2 Å². The molecule has 16 heavy (non-hydrogen) atoms. The molecule has 0 aromatic carbocycles. The fourth-order valence-electron chi connectivity index (χ4n) is 1.62. The quantitative estimate of drug-likeness (QED) is 0.503. The third-order valence-electron chi connectivity index (χ3n) is 2.50. The molecule has 94 valence electrons. The van der Waals surface area contributed by atoms with Crippen molar-refractivity contribution in [2.45, 2.75) is 64.8 Å². The van der Waals surface area contributed by atoms with Gasteiger partial charge < -0.3 is 5.32 Å². The van der Waals surface area contributed by atoms with Crippen LogP contribution in [0.3, 0.4) is 0 Å². The normalized spacial score (nSPS) is 12.2. The van der Waals surface area contributed by atoms with Gasteiger partial charge in [-0.3, -0.25) is 9.59 Å². The monoisotopic (exact) mass is 247 g/mol. The number of halogens is 1. The first-order chi connectivity index (χ1) is 7.57. The molecule has 0 rings (SSSR count). The van der Waals surface area contributed by atoms with E-state index in [1.807, 2.05) is 0 Å². The van der Waals surface area contributed by atoms with Crippen LogP contribution in [-0.4, -0.2) is 17.2 Å². The maximum Gasteiger partial charge on any atom is 0.243 e. The molecular weight excluding hydrogens is 226 g/mol. The molecule has 0 aliphatic heterocycles.